The summed E-state index contributed by atoms with van der Waals surface area (Å²) < 4.78 is 4.23. The van der Waals surface area contributed by atoms with Gasteiger partial charge in [0.15, 0.2) is 5.52 Å². The molecular weight excluding hydrogens is 267 g/mol. The van der Waals surface area contributed by atoms with Gasteiger partial charge in [0.1, 0.15) is 12.7 Å². The zero-order chi connectivity index (χ0) is 11.7. The third-order valence-corrected chi connectivity index (χ3v) is 3.17. The fourth-order valence-corrected chi connectivity index (χ4v) is 2.15. The molecule has 2 nitrogen and oxygen atoms in total. The third kappa shape index (κ3) is 2.50. The Morgan fingerprint density at radius 1 is 1.06 bits per heavy atom. The number of pyridine rings is 1. The normalized spacial score (nSPS) is 10.3. The van der Waals surface area contributed by atoms with Crippen molar-refractivity contribution < 1.29 is 17.0 Å². The van der Waals surface area contributed by atoms with E-state index < -0.39 is 0 Å². The largest absolute Gasteiger partial charge is 1.00 e. The molecule has 0 radical (unpaired) electrons. The second-order valence-corrected chi connectivity index (χ2v) is 4.45. The highest BCUT2D eigenvalue weighted by atomic mass is 35.5. The Hall–Kier alpha value is -1.51. The van der Waals surface area contributed by atoms with Gasteiger partial charge in [-0.25, -0.2) is 8.97 Å². The molecule has 0 atom stereocenters. The van der Waals surface area contributed by atoms with Gasteiger partial charge in [0.05, 0.1) is 6.20 Å². The summed E-state index contributed by atoms with van der Waals surface area (Å²) >= 11 is 6.15. The predicted molar refractivity (Wildman–Crippen MR) is 68.1 cm³/mol. The maximum atomic E-state index is 6.15. The van der Waals surface area contributed by atoms with Crippen molar-refractivity contribution in [1.82, 2.24) is 4.40 Å². The summed E-state index contributed by atoms with van der Waals surface area (Å²) in [6.07, 6.45) is 6.22. The maximum absolute atomic E-state index is 6.15. The molecule has 0 aliphatic heterocycles. The van der Waals surface area contributed by atoms with Crippen LogP contribution in [0.3, 0.4) is 0 Å². The lowest BCUT2D eigenvalue weighted by Crippen LogP contribution is -3.00. The number of fused-ring (bicyclic) bond motifs is 1. The van der Waals surface area contributed by atoms with E-state index in [0.717, 1.165) is 17.1 Å². The van der Waals surface area contributed by atoms with E-state index in [2.05, 4.69) is 33.6 Å². The van der Waals surface area contributed by atoms with Crippen LogP contribution in [0, 0.1) is 0 Å². The highest BCUT2D eigenvalue weighted by Gasteiger charge is 2.07. The lowest BCUT2D eigenvalue weighted by molar-refractivity contribution is -0.686. The molecule has 1 aromatic carbocycles. The molecule has 0 saturated heterocycles. The van der Waals surface area contributed by atoms with Crippen molar-refractivity contribution in [2.75, 3.05) is 0 Å². The number of aromatic nitrogens is 2. The number of imidazole rings is 1. The van der Waals surface area contributed by atoms with Gasteiger partial charge >= 0.3 is 0 Å². The molecule has 0 spiro atoms. The van der Waals surface area contributed by atoms with Gasteiger partial charge in [0.25, 0.3) is 0 Å². The molecule has 0 aliphatic rings. The summed E-state index contributed by atoms with van der Waals surface area (Å²) in [4.78, 5) is 0. The van der Waals surface area contributed by atoms with Crippen LogP contribution in [0.2, 0.25) is 5.02 Å². The van der Waals surface area contributed by atoms with E-state index in [-0.39, 0.29) is 12.4 Å². The van der Waals surface area contributed by atoms with E-state index in [9.17, 15) is 0 Å². The molecule has 3 aromatic rings. The van der Waals surface area contributed by atoms with Crippen molar-refractivity contribution in [3.63, 3.8) is 0 Å². The summed E-state index contributed by atoms with van der Waals surface area (Å²) in [6, 6.07) is 14.1. The molecule has 2 heterocycles. The molecule has 92 valence electrons. The quantitative estimate of drug-likeness (QED) is 0.581. The number of benzene rings is 1. The number of hydrogen-bond donors (Lipinski definition) is 0. The Morgan fingerprint density at radius 2 is 1.83 bits per heavy atom. The molecule has 0 aliphatic carbocycles. The number of nitrogens with zero attached hydrogens (tertiary/aromatic N) is 2. The summed E-state index contributed by atoms with van der Waals surface area (Å²) in [7, 11) is 0. The van der Waals surface area contributed by atoms with Crippen molar-refractivity contribution in [2.45, 2.75) is 6.54 Å². The topological polar surface area (TPSA) is 8.29 Å². The van der Waals surface area contributed by atoms with Gasteiger partial charge in [-0.2, -0.15) is 0 Å². The van der Waals surface area contributed by atoms with Crippen LogP contribution in [-0.2, 0) is 6.54 Å². The fourth-order valence-electron chi connectivity index (χ4n) is 1.96. The highest BCUT2D eigenvalue weighted by molar-refractivity contribution is 6.31. The average Bonchev–Trinajstić information content (AvgIpc) is 2.74. The molecule has 0 N–H and O–H groups in total. The van der Waals surface area contributed by atoms with Crippen molar-refractivity contribution in [3.8, 4) is 0 Å². The fraction of sp³-hybridized carbons (Fsp3) is 0.0714. The Kier molecular flexibility index (Phi) is 3.90. The average molecular weight is 279 g/mol. The van der Waals surface area contributed by atoms with E-state index >= 15 is 0 Å². The molecule has 0 saturated carbocycles. The highest BCUT2D eigenvalue weighted by Crippen LogP contribution is 2.14. The zero-order valence-electron chi connectivity index (χ0n) is 9.63. The van der Waals surface area contributed by atoms with Gasteiger partial charge in [-0.05, 0) is 18.2 Å². The molecule has 0 amide bonds. The molecule has 4 heteroatoms. The van der Waals surface area contributed by atoms with Gasteiger partial charge < -0.3 is 12.4 Å². The number of hydrogen-bond acceptors (Lipinski definition) is 0. The molecule has 0 unspecified atom stereocenters. The minimum atomic E-state index is 0. The lowest BCUT2D eigenvalue weighted by Gasteiger charge is -1.99. The van der Waals surface area contributed by atoms with Crippen LogP contribution >= 0.6 is 11.6 Å². The first-order chi connectivity index (χ1) is 8.33. The van der Waals surface area contributed by atoms with Crippen molar-refractivity contribution >= 4 is 17.1 Å². The number of rotatable bonds is 2. The Morgan fingerprint density at radius 3 is 2.61 bits per heavy atom. The van der Waals surface area contributed by atoms with E-state index in [1.165, 1.54) is 5.52 Å². The Balaban J connectivity index is 0.00000120. The molecule has 18 heavy (non-hydrogen) atoms. The first-order valence-electron chi connectivity index (χ1n) is 5.52. The summed E-state index contributed by atoms with van der Waals surface area (Å²) in [5.74, 6) is 0. The van der Waals surface area contributed by atoms with E-state index in [0.29, 0.717) is 0 Å². The number of halogens is 2. The lowest BCUT2D eigenvalue weighted by atomic mass is 10.2. The molecule has 3 rings (SSSR count). The minimum Gasteiger partial charge on any atom is -1.00 e. The SMILES string of the molecule is Clc1ccccc1C[n+]1cc2ccccn2c1.[Cl-]. The predicted octanol–water partition coefficient (Wildman–Crippen LogP) is -0.0675. The molecule has 2 aromatic heterocycles. The first kappa shape index (κ1) is 12.9. The van der Waals surface area contributed by atoms with Gasteiger partial charge in [0, 0.05) is 10.6 Å². The first-order valence-corrected chi connectivity index (χ1v) is 5.90. The van der Waals surface area contributed by atoms with E-state index in [1.54, 1.807) is 0 Å². The summed E-state index contributed by atoms with van der Waals surface area (Å²) in [5, 5.41) is 0.815. The van der Waals surface area contributed by atoms with Crippen molar-refractivity contribution in [1.29, 1.82) is 0 Å². The van der Waals surface area contributed by atoms with Crippen LogP contribution in [0.5, 0.6) is 0 Å². The van der Waals surface area contributed by atoms with Crippen molar-refractivity contribution in [2.24, 2.45) is 0 Å². The van der Waals surface area contributed by atoms with Crippen molar-refractivity contribution in [3.05, 3.63) is 71.8 Å². The second-order valence-electron chi connectivity index (χ2n) is 4.04. The maximum Gasteiger partial charge on any atom is 0.249 e. The van der Waals surface area contributed by atoms with Crippen LogP contribution < -0.4 is 17.0 Å². The van der Waals surface area contributed by atoms with Gasteiger partial charge in [-0.1, -0.05) is 35.9 Å². The molecule has 0 bridgehead atoms. The summed E-state index contributed by atoms with van der Waals surface area (Å²) in [6.45, 7) is 0.793. The van der Waals surface area contributed by atoms with Gasteiger partial charge in [-0.15, -0.1) is 0 Å². The van der Waals surface area contributed by atoms with Crippen LogP contribution in [-0.4, -0.2) is 4.40 Å². The van der Waals surface area contributed by atoms with Crippen LogP contribution in [0.1, 0.15) is 5.56 Å². The minimum absolute atomic E-state index is 0. The molecule has 0 fully saturated rings. The van der Waals surface area contributed by atoms with Crippen LogP contribution in [0.25, 0.3) is 5.52 Å². The van der Waals surface area contributed by atoms with Crippen LogP contribution in [0.4, 0.5) is 0 Å². The summed E-state index contributed by atoms with van der Waals surface area (Å²) in [5.41, 5.74) is 2.31. The Labute approximate surface area is 117 Å². The van der Waals surface area contributed by atoms with Crippen LogP contribution in [0.15, 0.2) is 61.2 Å². The second kappa shape index (κ2) is 5.42. The standard InChI is InChI=1S/C14H12ClN2.ClH/c15-14-7-2-1-5-12(14)9-16-10-13-6-3-4-8-17(13)11-16;/h1-8,10-11H,9H2;1H/q+1;/p-1. The third-order valence-electron chi connectivity index (χ3n) is 2.80. The zero-order valence-corrected chi connectivity index (χ0v) is 11.1. The van der Waals surface area contributed by atoms with E-state index in [4.69, 9.17) is 11.6 Å². The molecular formula is C14H12Cl2N2. The van der Waals surface area contributed by atoms with E-state index in [1.807, 2.05) is 36.5 Å². The van der Waals surface area contributed by atoms with Gasteiger partial charge in [0.2, 0.25) is 6.33 Å². The van der Waals surface area contributed by atoms with Gasteiger partial charge in [-0.3, -0.25) is 0 Å². The monoisotopic (exact) mass is 278 g/mol. The smallest absolute Gasteiger partial charge is 0.249 e. The Bertz CT molecular complexity index is 628.